The van der Waals surface area contributed by atoms with Crippen molar-refractivity contribution >= 4 is 23.2 Å². The molecule has 20 heavy (non-hydrogen) atoms. The molecule has 1 aliphatic heterocycles. The van der Waals surface area contributed by atoms with E-state index in [1.807, 2.05) is 6.07 Å². The lowest BCUT2D eigenvalue weighted by atomic mass is 10.2. The second-order valence-electron chi connectivity index (χ2n) is 5.20. The molecule has 0 aromatic carbocycles. The van der Waals surface area contributed by atoms with Crippen molar-refractivity contribution in [1.29, 1.82) is 0 Å². The molecule has 1 saturated heterocycles. The fraction of sp³-hybridized carbons (Fsp3) is 0.533. The predicted molar refractivity (Wildman–Crippen MR) is 86.7 cm³/mol. The summed E-state index contributed by atoms with van der Waals surface area (Å²) in [5.74, 6) is 2.33. The third kappa shape index (κ3) is 2.52. The molecule has 2 aromatic rings. The SMILES string of the molecule is CCC1CN(c2nc3ccccn3c2CCN)CCS1. The molecule has 5 heteroatoms. The number of hydrogen-bond donors (Lipinski definition) is 1. The summed E-state index contributed by atoms with van der Waals surface area (Å²) in [6, 6.07) is 6.16. The summed E-state index contributed by atoms with van der Waals surface area (Å²) in [6.45, 7) is 5.12. The van der Waals surface area contributed by atoms with E-state index >= 15 is 0 Å². The van der Waals surface area contributed by atoms with Gasteiger partial charge in [0.25, 0.3) is 0 Å². The largest absolute Gasteiger partial charge is 0.353 e. The van der Waals surface area contributed by atoms with Gasteiger partial charge in [0.15, 0.2) is 5.82 Å². The minimum Gasteiger partial charge on any atom is -0.353 e. The van der Waals surface area contributed by atoms with Crippen molar-refractivity contribution in [2.75, 3.05) is 30.3 Å². The van der Waals surface area contributed by atoms with Crippen molar-refractivity contribution < 1.29 is 0 Å². The van der Waals surface area contributed by atoms with Crippen molar-refractivity contribution in [3.8, 4) is 0 Å². The lowest BCUT2D eigenvalue weighted by Gasteiger charge is -2.32. The maximum atomic E-state index is 5.80. The third-order valence-corrected chi connectivity index (χ3v) is 5.25. The Kier molecular flexibility index (Phi) is 4.17. The van der Waals surface area contributed by atoms with Crippen LogP contribution >= 0.6 is 11.8 Å². The van der Waals surface area contributed by atoms with Crippen LogP contribution < -0.4 is 10.6 Å². The number of aromatic nitrogens is 2. The minimum atomic E-state index is 0.662. The Hall–Kier alpha value is -1.20. The van der Waals surface area contributed by atoms with Crippen molar-refractivity contribution in [3.63, 3.8) is 0 Å². The first-order valence-electron chi connectivity index (χ1n) is 7.36. The highest BCUT2D eigenvalue weighted by Gasteiger charge is 2.24. The van der Waals surface area contributed by atoms with Gasteiger partial charge in [-0.2, -0.15) is 11.8 Å². The minimum absolute atomic E-state index is 0.662. The predicted octanol–water partition coefficient (Wildman–Crippen LogP) is 2.17. The summed E-state index contributed by atoms with van der Waals surface area (Å²) in [6.07, 6.45) is 4.19. The summed E-state index contributed by atoms with van der Waals surface area (Å²) in [7, 11) is 0. The van der Waals surface area contributed by atoms with Gasteiger partial charge in [-0.05, 0) is 25.1 Å². The molecule has 1 atom stereocenters. The number of thioether (sulfide) groups is 1. The molecule has 0 bridgehead atoms. The van der Waals surface area contributed by atoms with Crippen LogP contribution in [0.5, 0.6) is 0 Å². The number of fused-ring (bicyclic) bond motifs is 1. The molecule has 4 nitrogen and oxygen atoms in total. The summed E-state index contributed by atoms with van der Waals surface area (Å²) >= 11 is 2.09. The molecule has 0 amide bonds. The van der Waals surface area contributed by atoms with Gasteiger partial charge < -0.3 is 15.0 Å². The summed E-state index contributed by atoms with van der Waals surface area (Å²) in [5.41, 5.74) is 8.08. The van der Waals surface area contributed by atoms with Gasteiger partial charge in [-0.25, -0.2) is 4.98 Å². The maximum Gasteiger partial charge on any atom is 0.151 e. The summed E-state index contributed by atoms with van der Waals surface area (Å²) in [5, 5.41) is 0.722. The Bertz CT molecular complexity index is 580. The number of nitrogens with two attached hydrogens (primary N) is 1. The van der Waals surface area contributed by atoms with E-state index in [0.29, 0.717) is 6.54 Å². The van der Waals surface area contributed by atoms with Crippen molar-refractivity contribution in [2.45, 2.75) is 25.0 Å². The molecule has 1 aliphatic rings. The lowest BCUT2D eigenvalue weighted by Crippen LogP contribution is -2.38. The maximum absolute atomic E-state index is 5.80. The lowest BCUT2D eigenvalue weighted by molar-refractivity contribution is 0.716. The average molecular weight is 290 g/mol. The topological polar surface area (TPSA) is 46.6 Å². The van der Waals surface area contributed by atoms with Crippen LogP contribution in [-0.2, 0) is 6.42 Å². The molecule has 1 unspecified atom stereocenters. The van der Waals surface area contributed by atoms with Gasteiger partial charge in [0.05, 0.1) is 5.69 Å². The number of hydrogen-bond acceptors (Lipinski definition) is 4. The second-order valence-corrected chi connectivity index (χ2v) is 6.60. The number of rotatable bonds is 4. The van der Waals surface area contributed by atoms with Crippen molar-refractivity contribution in [1.82, 2.24) is 9.38 Å². The average Bonchev–Trinajstić information content (AvgIpc) is 2.87. The van der Waals surface area contributed by atoms with Crippen LogP contribution in [0.3, 0.4) is 0 Å². The zero-order valence-electron chi connectivity index (χ0n) is 12.0. The molecule has 2 aromatic heterocycles. The van der Waals surface area contributed by atoms with Crippen LogP contribution in [0.15, 0.2) is 24.4 Å². The second kappa shape index (κ2) is 6.06. The quantitative estimate of drug-likeness (QED) is 0.937. The first-order valence-corrected chi connectivity index (χ1v) is 8.41. The van der Waals surface area contributed by atoms with E-state index in [0.717, 1.165) is 36.2 Å². The molecule has 0 radical (unpaired) electrons. The molecule has 2 N–H and O–H groups in total. The Balaban J connectivity index is 1.99. The molecular formula is C15H22N4S. The zero-order valence-corrected chi connectivity index (χ0v) is 12.8. The van der Waals surface area contributed by atoms with Gasteiger partial charge in [-0.3, -0.25) is 0 Å². The Morgan fingerprint density at radius 2 is 2.35 bits per heavy atom. The van der Waals surface area contributed by atoms with Crippen molar-refractivity contribution in [2.24, 2.45) is 5.73 Å². The highest BCUT2D eigenvalue weighted by molar-refractivity contribution is 8.00. The molecule has 0 aliphatic carbocycles. The monoisotopic (exact) mass is 290 g/mol. The highest BCUT2D eigenvalue weighted by Crippen LogP contribution is 2.28. The van der Waals surface area contributed by atoms with Crippen LogP contribution in [0, 0.1) is 0 Å². The van der Waals surface area contributed by atoms with Crippen LogP contribution in [-0.4, -0.2) is 40.0 Å². The number of pyridine rings is 1. The van der Waals surface area contributed by atoms with Crippen LogP contribution in [0.2, 0.25) is 0 Å². The van der Waals surface area contributed by atoms with Gasteiger partial charge in [-0.1, -0.05) is 13.0 Å². The first kappa shape index (κ1) is 13.8. The molecule has 0 spiro atoms. The smallest absolute Gasteiger partial charge is 0.151 e. The van der Waals surface area contributed by atoms with Gasteiger partial charge in [-0.15, -0.1) is 0 Å². The van der Waals surface area contributed by atoms with Gasteiger partial charge >= 0.3 is 0 Å². The van der Waals surface area contributed by atoms with E-state index in [-0.39, 0.29) is 0 Å². The molecule has 3 rings (SSSR count). The summed E-state index contributed by atoms with van der Waals surface area (Å²) in [4.78, 5) is 7.29. The number of nitrogens with zero attached hydrogens (tertiary/aromatic N) is 3. The zero-order chi connectivity index (χ0) is 13.9. The normalized spacial score (nSPS) is 19.7. The molecule has 0 saturated carbocycles. The van der Waals surface area contributed by atoms with Crippen molar-refractivity contribution in [3.05, 3.63) is 30.1 Å². The Morgan fingerprint density at radius 1 is 1.45 bits per heavy atom. The standard InChI is InChI=1S/C15H22N4S/c1-2-12-11-18(9-10-20-12)15-13(6-7-16)19-8-4-3-5-14(19)17-15/h3-5,8,12H,2,6-7,9-11,16H2,1H3. The number of anilines is 1. The van der Waals surface area contributed by atoms with Crippen LogP contribution in [0.4, 0.5) is 5.82 Å². The van der Waals surface area contributed by atoms with E-state index in [1.54, 1.807) is 0 Å². The van der Waals surface area contributed by atoms with E-state index in [4.69, 9.17) is 10.7 Å². The van der Waals surface area contributed by atoms with Gasteiger partial charge in [0.1, 0.15) is 5.65 Å². The fourth-order valence-corrected chi connectivity index (χ4v) is 4.00. The Labute approximate surface area is 124 Å². The first-order chi connectivity index (χ1) is 9.83. The third-order valence-electron chi connectivity index (χ3n) is 3.88. The van der Waals surface area contributed by atoms with E-state index in [1.165, 1.54) is 17.9 Å². The van der Waals surface area contributed by atoms with E-state index in [9.17, 15) is 0 Å². The van der Waals surface area contributed by atoms with E-state index < -0.39 is 0 Å². The van der Waals surface area contributed by atoms with E-state index in [2.05, 4.69) is 46.3 Å². The molecular weight excluding hydrogens is 268 g/mol. The molecule has 1 fully saturated rings. The molecule has 108 valence electrons. The van der Waals surface area contributed by atoms with Crippen LogP contribution in [0.1, 0.15) is 19.0 Å². The fourth-order valence-electron chi connectivity index (χ4n) is 2.82. The van der Waals surface area contributed by atoms with Gasteiger partial charge in [0, 0.05) is 36.7 Å². The summed E-state index contributed by atoms with van der Waals surface area (Å²) < 4.78 is 2.19. The number of imidazole rings is 1. The Morgan fingerprint density at radius 3 is 3.15 bits per heavy atom. The van der Waals surface area contributed by atoms with Gasteiger partial charge in [0.2, 0.25) is 0 Å². The molecule has 3 heterocycles. The highest BCUT2D eigenvalue weighted by atomic mass is 32.2. The van der Waals surface area contributed by atoms with Crippen LogP contribution in [0.25, 0.3) is 5.65 Å².